The highest BCUT2D eigenvalue weighted by Crippen LogP contribution is 2.20. The fourth-order valence-corrected chi connectivity index (χ4v) is 2.51. The van der Waals surface area contributed by atoms with E-state index in [0.717, 1.165) is 19.4 Å². The third kappa shape index (κ3) is 2.22. The summed E-state index contributed by atoms with van der Waals surface area (Å²) >= 11 is 0. The van der Waals surface area contributed by atoms with Gasteiger partial charge < -0.3 is 15.3 Å². The minimum atomic E-state index is -0.0918. The number of likely N-dealkylation sites (N-methyl/N-ethyl adjacent to an activating group) is 1. The number of aliphatic hydroxyl groups excluding tert-OH is 1. The van der Waals surface area contributed by atoms with E-state index in [0.29, 0.717) is 12.1 Å². The molecule has 1 saturated carbocycles. The van der Waals surface area contributed by atoms with Gasteiger partial charge in [-0.15, -0.1) is 0 Å². The highest BCUT2D eigenvalue weighted by molar-refractivity contribution is 4.88. The van der Waals surface area contributed by atoms with E-state index in [-0.39, 0.29) is 6.10 Å². The molecule has 0 amide bonds. The van der Waals surface area contributed by atoms with Crippen molar-refractivity contribution < 1.29 is 5.11 Å². The molecule has 1 saturated heterocycles. The first-order valence-electron chi connectivity index (χ1n) is 5.38. The molecule has 2 aliphatic rings. The van der Waals surface area contributed by atoms with E-state index < -0.39 is 0 Å². The van der Waals surface area contributed by atoms with Crippen LogP contribution in [0.4, 0.5) is 0 Å². The van der Waals surface area contributed by atoms with Crippen molar-refractivity contribution in [2.75, 3.05) is 20.1 Å². The Balaban J connectivity index is 1.77. The number of aliphatic hydroxyl groups is 1. The van der Waals surface area contributed by atoms with Crippen molar-refractivity contribution in [2.45, 2.75) is 43.9 Å². The van der Waals surface area contributed by atoms with Crippen LogP contribution in [0.3, 0.4) is 0 Å². The second-order valence-corrected chi connectivity index (χ2v) is 4.52. The lowest BCUT2D eigenvalue weighted by Crippen LogP contribution is -2.43. The summed E-state index contributed by atoms with van der Waals surface area (Å²) < 4.78 is 0. The van der Waals surface area contributed by atoms with Crippen LogP contribution < -0.4 is 5.32 Å². The van der Waals surface area contributed by atoms with E-state index in [2.05, 4.69) is 17.3 Å². The van der Waals surface area contributed by atoms with Crippen LogP contribution in [0.2, 0.25) is 0 Å². The van der Waals surface area contributed by atoms with Gasteiger partial charge in [0.1, 0.15) is 0 Å². The second-order valence-electron chi connectivity index (χ2n) is 4.52. The van der Waals surface area contributed by atoms with Crippen molar-refractivity contribution in [2.24, 2.45) is 0 Å². The second kappa shape index (κ2) is 3.95. The molecular formula is C10H20N2O. The van der Waals surface area contributed by atoms with Crippen LogP contribution in [0.5, 0.6) is 0 Å². The molecule has 3 nitrogen and oxygen atoms in total. The SMILES string of the molecule is CN1CCC(N[C@@H]2CCC[C@H]2O)C1. The molecule has 76 valence electrons. The van der Waals surface area contributed by atoms with Crippen LogP contribution in [0.15, 0.2) is 0 Å². The van der Waals surface area contributed by atoms with Crippen LogP contribution >= 0.6 is 0 Å². The Bertz CT molecular complexity index is 174. The Morgan fingerprint density at radius 2 is 2.15 bits per heavy atom. The van der Waals surface area contributed by atoms with E-state index in [9.17, 15) is 5.11 Å². The van der Waals surface area contributed by atoms with Crippen molar-refractivity contribution in [3.8, 4) is 0 Å². The monoisotopic (exact) mass is 184 g/mol. The lowest BCUT2D eigenvalue weighted by atomic mass is 10.1. The minimum absolute atomic E-state index is 0.0918. The Labute approximate surface area is 80.1 Å². The lowest BCUT2D eigenvalue weighted by Gasteiger charge is -2.21. The Morgan fingerprint density at radius 3 is 2.69 bits per heavy atom. The molecule has 1 aliphatic heterocycles. The van der Waals surface area contributed by atoms with Crippen LogP contribution in [0.25, 0.3) is 0 Å². The van der Waals surface area contributed by atoms with Crippen LogP contribution in [-0.2, 0) is 0 Å². The minimum Gasteiger partial charge on any atom is -0.392 e. The number of hydrogen-bond donors (Lipinski definition) is 2. The van der Waals surface area contributed by atoms with Gasteiger partial charge in [0.05, 0.1) is 6.10 Å². The predicted molar refractivity (Wildman–Crippen MR) is 52.7 cm³/mol. The summed E-state index contributed by atoms with van der Waals surface area (Å²) in [6.07, 6.45) is 4.47. The molecule has 0 spiro atoms. The summed E-state index contributed by atoms with van der Waals surface area (Å²) in [6, 6.07) is 0.985. The van der Waals surface area contributed by atoms with E-state index in [4.69, 9.17) is 0 Å². The van der Waals surface area contributed by atoms with Gasteiger partial charge in [-0.2, -0.15) is 0 Å². The molecule has 0 radical (unpaired) electrons. The summed E-state index contributed by atoms with van der Waals surface area (Å²) in [6.45, 7) is 2.34. The number of likely N-dealkylation sites (tertiary alicyclic amines) is 1. The number of nitrogens with one attached hydrogen (secondary N) is 1. The van der Waals surface area contributed by atoms with Gasteiger partial charge in [-0.05, 0) is 39.3 Å². The maximum Gasteiger partial charge on any atom is 0.0693 e. The van der Waals surface area contributed by atoms with Crippen LogP contribution in [0.1, 0.15) is 25.7 Å². The summed E-state index contributed by atoms with van der Waals surface area (Å²) in [5.74, 6) is 0. The van der Waals surface area contributed by atoms with Crippen molar-refractivity contribution in [3.63, 3.8) is 0 Å². The van der Waals surface area contributed by atoms with Gasteiger partial charge in [-0.25, -0.2) is 0 Å². The summed E-state index contributed by atoms with van der Waals surface area (Å²) in [7, 11) is 2.16. The molecular weight excluding hydrogens is 164 g/mol. The first kappa shape index (κ1) is 9.44. The zero-order valence-electron chi connectivity index (χ0n) is 8.37. The Morgan fingerprint density at radius 1 is 1.31 bits per heavy atom. The maximum absolute atomic E-state index is 9.64. The molecule has 2 fully saturated rings. The average molecular weight is 184 g/mol. The molecule has 1 aliphatic carbocycles. The molecule has 13 heavy (non-hydrogen) atoms. The number of rotatable bonds is 2. The number of nitrogens with zero attached hydrogens (tertiary/aromatic N) is 1. The molecule has 0 aromatic rings. The van der Waals surface area contributed by atoms with E-state index in [1.165, 1.54) is 19.4 Å². The van der Waals surface area contributed by atoms with Gasteiger partial charge >= 0.3 is 0 Å². The standard InChI is InChI=1S/C10H20N2O/c1-12-6-5-8(7-12)11-9-3-2-4-10(9)13/h8-11,13H,2-7H2,1H3/t8?,9-,10-/m1/s1. The molecule has 3 heteroatoms. The zero-order valence-corrected chi connectivity index (χ0v) is 8.37. The molecule has 0 aromatic heterocycles. The summed E-state index contributed by atoms with van der Waals surface area (Å²) in [5.41, 5.74) is 0. The van der Waals surface area contributed by atoms with Crippen molar-refractivity contribution >= 4 is 0 Å². The first-order valence-corrected chi connectivity index (χ1v) is 5.38. The lowest BCUT2D eigenvalue weighted by molar-refractivity contribution is 0.143. The van der Waals surface area contributed by atoms with E-state index in [1.807, 2.05) is 0 Å². The Hall–Kier alpha value is -0.120. The predicted octanol–water partition coefficient (Wildman–Crippen LogP) is 0.193. The van der Waals surface area contributed by atoms with Gasteiger partial charge in [0, 0.05) is 18.6 Å². The molecule has 1 unspecified atom stereocenters. The highest BCUT2D eigenvalue weighted by Gasteiger charge is 2.29. The first-order chi connectivity index (χ1) is 6.25. The maximum atomic E-state index is 9.64. The van der Waals surface area contributed by atoms with Gasteiger partial charge in [0.2, 0.25) is 0 Å². The summed E-state index contributed by atoms with van der Waals surface area (Å²) in [5, 5.41) is 13.2. The fraction of sp³-hybridized carbons (Fsp3) is 1.00. The third-order valence-corrected chi connectivity index (χ3v) is 3.32. The van der Waals surface area contributed by atoms with Gasteiger partial charge in [-0.3, -0.25) is 0 Å². The molecule has 3 atom stereocenters. The fourth-order valence-electron chi connectivity index (χ4n) is 2.51. The van der Waals surface area contributed by atoms with E-state index in [1.54, 1.807) is 0 Å². The molecule has 2 N–H and O–H groups in total. The smallest absolute Gasteiger partial charge is 0.0693 e. The Kier molecular flexibility index (Phi) is 2.86. The molecule has 0 bridgehead atoms. The summed E-state index contributed by atoms with van der Waals surface area (Å²) in [4.78, 5) is 2.35. The van der Waals surface area contributed by atoms with Crippen molar-refractivity contribution in [1.29, 1.82) is 0 Å². The third-order valence-electron chi connectivity index (χ3n) is 3.32. The normalized spacial score (nSPS) is 41.5. The van der Waals surface area contributed by atoms with E-state index >= 15 is 0 Å². The van der Waals surface area contributed by atoms with Crippen molar-refractivity contribution in [1.82, 2.24) is 10.2 Å². The zero-order chi connectivity index (χ0) is 9.26. The molecule has 0 aromatic carbocycles. The topological polar surface area (TPSA) is 35.5 Å². The van der Waals surface area contributed by atoms with Gasteiger partial charge in [0.15, 0.2) is 0 Å². The average Bonchev–Trinajstić information content (AvgIpc) is 2.64. The molecule has 1 heterocycles. The quantitative estimate of drug-likeness (QED) is 0.643. The van der Waals surface area contributed by atoms with Crippen LogP contribution in [-0.4, -0.2) is 48.3 Å². The molecule has 2 rings (SSSR count). The van der Waals surface area contributed by atoms with Gasteiger partial charge in [0.25, 0.3) is 0 Å². The van der Waals surface area contributed by atoms with Gasteiger partial charge in [-0.1, -0.05) is 0 Å². The van der Waals surface area contributed by atoms with Crippen LogP contribution in [0, 0.1) is 0 Å². The largest absolute Gasteiger partial charge is 0.392 e. The van der Waals surface area contributed by atoms with Crippen molar-refractivity contribution in [3.05, 3.63) is 0 Å². The highest BCUT2D eigenvalue weighted by atomic mass is 16.3. The number of hydrogen-bond acceptors (Lipinski definition) is 3.